The summed E-state index contributed by atoms with van der Waals surface area (Å²) in [6.45, 7) is 0.640. The van der Waals surface area contributed by atoms with Gasteiger partial charge in [0.25, 0.3) is 0 Å². The Labute approximate surface area is 225 Å². The first kappa shape index (κ1) is 24.2. The van der Waals surface area contributed by atoms with E-state index in [0.717, 1.165) is 54.4 Å². The van der Waals surface area contributed by atoms with E-state index in [2.05, 4.69) is 21.6 Å². The molecule has 2 atom stereocenters. The molecule has 2 fully saturated rings. The van der Waals surface area contributed by atoms with Crippen LogP contribution in [0.3, 0.4) is 0 Å². The van der Waals surface area contributed by atoms with Crippen LogP contribution in [0.4, 0.5) is 4.39 Å². The zero-order chi connectivity index (χ0) is 26.5. The van der Waals surface area contributed by atoms with E-state index in [1.54, 1.807) is 17.0 Å². The van der Waals surface area contributed by atoms with Crippen LogP contribution < -0.4 is 5.32 Å². The van der Waals surface area contributed by atoms with Gasteiger partial charge in [0, 0.05) is 30.8 Å². The summed E-state index contributed by atoms with van der Waals surface area (Å²) in [4.78, 5) is 4.86. The zero-order valence-corrected chi connectivity index (χ0v) is 21.8. The maximum atomic E-state index is 15.8. The first-order valence-electron chi connectivity index (χ1n) is 13.6. The molecule has 0 amide bonds. The Morgan fingerprint density at radius 1 is 1.05 bits per heavy atom. The van der Waals surface area contributed by atoms with Crippen molar-refractivity contribution in [2.24, 2.45) is 7.05 Å². The van der Waals surface area contributed by atoms with Crippen molar-refractivity contribution in [1.82, 2.24) is 25.1 Å². The molecule has 0 spiro atoms. The fraction of sp³-hybridized carbons (Fsp3) is 0.323. The molecule has 0 saturated heterocycles. The van der Waals surface area contributed by atoms with E-state index >= 15 is 4.39 Å². The van der Waals surface area contributed by atoms with E-state index in [1.807, 2.05) is 43.4 Å². The Morgan fingerprint density at radius 2 is 1.90 bits per heavy atom. The van der Waals surface area contributed by atoms with Crippen molar-refractivity contribution in [2.45, 2.75) is 56.7 Å². The molecule has 2 N–H and O–H groups in total. The number of aliphatic hydroxyl groups is 1. The quantitative estimate of drug-likeness (QED) is 0.273. The van der Waals surface area contributed by atoms with Crippen molar-refractivity contribution in [2.75, 3.05) is 0 Å². The van der Waals surface area contributed by atoms with E-state index in [1.165, 1.54) is 6.07 Å². The number of oxazole rings is 1. The van der Waals surface area contributed by atoms with E-state index in [-0.39, 0.29) is 23.6 Å². The van der Waals surface area contributed by atoms with Gasteiger partial charge in [-0.2, -0.15) is 0 Å². The molecule has 0 bridgehead atoms. The molecule has 2 aliphatic carbocycles. The number of hydrogen-bond acceptors (Lipinski definition) is 6. The monoisotopic (exact) mass is 523 g/mol. The topological polar surface area (TPSA) is 89.0 Å². The molecule has 7 rings (SSSR count). The largest absolute Gasteiger partial charge is 0.436 e. The highest BCUT2D eigenvalue weighted by atomic mass is 19.1. The van der Waals surface area contributed by atoms with E-state index in [4.69, 9.17) is 9.40 Å². The van der Waals surface area contributed by atoms with Crippen molar-refractivity contribution in [3.63, 3.8) is 0 Å². The number of rotatable bonds is 7. The highest BCUT2D eigenvalue weighted by Crippen LogP contribution is 2.46. The molecule has 0 aliphatic heterocycles. The molecule has 2 unspecified atom stereocenters. The number of benzene rings is 3. The van der Waals surface area contributed by atoms with Crippen molar-refractivity contribution >= 4 is 11.1 Å². The minimum absolute atomic E-state index is 0.113. The molecule has 2 aromatic heterocycles. The molecular weight excluding hydrogens is 493 g/mol. The number of hydrogen-bond donors (Lipinski definition) is 2. The molecule has 198 valence electrons. The Hall–Kier alpha value is -3.88. The van der Waals surface area contributed by atoms with Crippen LogP contribution in [-0.2, 0) is 13.6 Å². The Balaban J connectivity index is 1.37. The second-order valence-corrected chi connectivity index (χ2v) is 10.8. The number of nitrogens with zero attached hydrogens (tertiary/aromatic N) is 4. The summed E-state index contributed by atoms with van der Waals surface area (Å²) < 4.78 is 24.0. The maximum absolute atomic E-state index is 15.8. The standard InChI is InChI=1S/C31H30FN5O2/c1-37-17-34-36-30(37)27-21(19-6-3-2-4-7-19)12-13-23(32)28(27)31-35-25-15-18(16-33-24-8-5-9-26(24)38)14-22(20-10-11-20)29(25)39-31/h2-4,6-7,12-15,17,20,24,26,33,38H,5,8-11,16H2,1H3. The van der Waals surface area contributed by atoms with Crippen molar-refractivity contribution in [3.05, 3.63) is 77.9 Å². The molecule has 8 heteroatoms. The lowest BCUT2D eigenvalue weighted by molar-refractivity contribution is 0.148. The summed E-state index contributed by atoms with van der Waals surface area (Å²) in [7, 11) is 1.84. The molecule has 39 heavy (non-hydrogen) atoms. The van der Waals surface area contributed by atoms with Crippen LogP contribution in [0.15, 0.2) is 65.3 Å². The second kappa shape index (κ2) is 9.70. The third kappa shape index (κ3) is 4.43. The van der Waals surface area contributed by atoms with Crippen LogP contribution in [0.25, 0.3) is 45.1 Å². The molecule has 2 aliphatic rings. The Bertz CT molecular complexity index is 1660. The van der Waals surface area contributed by atoms with Gasteiger partial charge in [-0.05, 0) is 66.8 Å². The van der Waals surface area contributed by atoms with Crippen LogP contribution in [-0.4, -0.2) is 37.0 Å². The summed E-state index contributed by atoms with van der Waals surface area (Å²) in [5.74, 6) is 0.762. The van der Waals surface area contributed by atoms with Gasteiger partial charge < -0.3 is 19.4 Å². The third-order valence-corrected chi connectivity index (χ3v) is 8.03. The number of halogens is 1. The molecule has 2 saturated carbocycles. The van der Waals surface area contributed by atoms with Gasteiger partial charge in [-0.3, -0.25) is 0 Å². The Kier molecular flexibility index (Phi) is 6.01. The molecule has 7 nitrogen and oxygen atoms in total. The smallest absolute Gasteiger partial charge is 0.231 e. The maximum Gasteiger partial charge on any atom is 0.231 e. The Morgan fingerprint density at radius 3 is 2.62 bits per heavy atom. The van der Waals surface area contributed by atoms with Crippen molar-refractivity contribution in [3.8, 4) is 34.0 Å². The first-order valence-corrected chi connectivity index (χ1v) is 13.6. The molecule has 0 radical (unpaired) electrons. The van der Waals surface area contributed by atoms with Gasteiger partial charge in [0.05, 0.1) is 11.7 Å². The average Bonchev–Trinajstić information content (AvgIpc) is 3.35. The summed E-state index contributed by atoms with van der Waals surface area (Å²) in [6, 6.07) is 17.4. The SMILES string of the molecule is Cn1cnnc1-c1c(-c2ccccc2)ccc(F)c1-c1nc2cc(CNC3CCCC3O)cc(C3CC3)c2o1. The fourth-order valence-corrected chi connectivity index (χ4v) is 5.84. The van der Waals surface area contributed by atoms with Crippen LogP contribution >= 0.6 is 0 Å². The molecule has 2 heterocycles. The van der Waals surface area contributed by atoms with Crippen molar-refractivity contribution in [1.29, 1.82) is 0 Å². The average molecular weight is 524 g/mol. The van der Waals surface area contributed by atoms with Gasteiger partial charge >= 0.3 is 0 Å². The number of aromatic nitrogens is 4. The van der Waals surface area contributed by atoms with Crippen LogP contribution in [0, 0.1) is 5.82 Å². The van der Waals surface area contributed by atoms with Gasteiger partial charge in [-0.25, -0.2) is 9.37 Å². The fourth-order valence-electron chi connectivity index (χ4n) is 5.84. The minimum atomic E-state index is -0.427. The lowest BCUT2D eigenvalue weighted by Gasteiger charge is -2.16. The summed E-state index contributed by atoms with van der Waals surface area (Å²) in [5.41, 5.74) is 6.28. The predicted molar refractivity (Wildman–Crippen MR) is 147 cm³/mol. The van der Waals surface area contributed by atoms with Gasteiger partial charge in [0.15, 0.2) is 11.4 Å². The number of aliphatic hydroxyl groups excluding tert-OH is 1. The number of fused-ring (bicyclic) bond motifs is 1. The number of nitrogens with one attached hydrogen (secondary N) is 1. The predicted octanol–water partition coefficient (Wildman–Crippen LogP) is 5.98. The second-order valence-electron chi connectivity index (χ2n) is 10.8. The van der Waals surface area contributed by atoms with E-state index < -0.39 is 5.82 Å². The van der Waals surface area contributed by atoms with Gasteiger partial charge in [-0.1, -0.05) is 42.5 Å². The normalized spacial score (nSPS) is 19.3. The molecule has 5 aromatic rings. The van der Waals surface area contributed by atoms with Crippen molar-refractivity contribution < 1.29 is 13.9 Å². The highest BCUT2D eigenvalue weighted by Gasteiger charge is 2.31. The third-order valence-electron chi connectivity index (χ3n) is 8.03. The zero-order valence-electron chi connectivity index (χ0n) is 21.8. The summed E-state index contributed by atoms with van der Waals surface area (Å²) in [5, 5.41) is 22.2. The summed E-state index contributed by atoms with van der Waals surface area (Å²) >= 11 is 0. The lowest BCUT2D eigenvalue weighted by atomic mass is 9.94. The first-order chi connectivity index (χ1) is 19.1. The van der Waals surface area contributed by atoms with E-state index in [0.29, 0.717) is 35.0 Å². The van der Waals surface area contributed by atoms with Gasteiger partial charge in [0.2, 0.25) is 5.89 Å². The van der Waals surface area contributed by atoms with Crippen LogP contribution in [0.2, 0.25) is 0 Å². The van der Waals surface area contributed by atoms with Crippen LogP contribution in [0.1, 0.15) is 49.1 Å². The van der Waals surface area contributed by atoms with Crippen LogP contribution in [0.5, 0.6) is 0 Å². The van der Waals surface area contributed by atoms with E-state index in [9.17, 15) is 5.11 Å². The van der Waals surface area contributed by atoms with Gasteiger partial charge in [0.1, 0.15) is 17.7 Å². The lowest BCUT2D eigenvalue weighted by Crippen LogP contribution is -2.35. The summed E-state index contributed by atoms with van der Waals surface area (Å²) in [6.07, 6.45) is 6.38. The highest BCUT2D eigenvalue weighted by molar-refractivity contribution is 5.92. The molecular formula is C31H30FN5O2. The van der Waals surface area contributed by atoms with Gasteiger partial charge in [-0.15, -0.1) is 10.2 Å². The molecule has 3 aromatic carbocycles. The minimum Gasteiger partial charge on any atom is -0.436 e. The number of aryl methyl sites for hydroxylation is 1.